The summed E-state index contributed by atoms with van der Waals surface area (Å²) < 4.78 is 0. The monoisotopic (exact) mass is 256 g/mol. The second-order valence-electron chi connectivity index (χ2n) is 6.80. The Kier molecular flexibility index (Phi) is 8.89. The largest absolute Gasteiger partial charge is 0.329 e. The van der Waals surface area contributed by atoms with Crippen LogP contribution >= 0.6 is 0 Å². The lowest BCUT2D eigenvalue weighted by atomic mass is 9.92. The van der Waals surface area contributed by atoms with Gasteiger partial charge in [-0.2, -0.15) is 0 Å². The molecule has 0 saturated heterocycles. The van der Waals surface area contributed by atoms with Gasteiger partial charge >= 0.3 is 0 Å². The van der Waals surface area contributed by atoms with Crippen molar-refractivity contribution in [3.05, 3.63) is 0 Å². The molecule has 110 valence electrons. The molecule has 0 bridgehead atoms. The lowest BCUT2D eigenvalue weighted by Gasteiger charge is -2.41. The van der Waals surface area contributed by atoms with Crippen molar-refractivity contribution >= 4 is 0 Å². The minimum absolute atomic E-state index is 0.193. The second-order valence-corrected chi connectivity index (χ2v) is 6.80. The van der Waals surface area contributed by atoms with E-state index in [4.69, 9.17) is 5.73 Å². The zero-order valence-electron chi connectivity index (χ0n) is 13.6. The van der Waals surface area contributed by atoms with Gasteiger partial charge in [-0.15, -0.1) is 0 Å². The van der Waals surface area contributed by atoms with Gasteiger partial charge in [0.15, 0.2) is 0 Å². The molecular formula is C16H36N2. The third kappa shape index (κ3) is 6.75. The fourth-order valence-corrected chi connectivity index (χ4v) is 2.41. The fraction of sp³-hybridized carbons (Fsp3) is 1.00. The van der Waals surface area contributed by atoms with Crippen LogP contribution in [-0.4, -0.2) is 30.1 Å². The summed E-state index contributed by atoms with van der Waals surface area (Å²) in [6, 6.07) is 0. The van der Waals surface area contributed by atoms with Crippen molar-refractivity contribution in [2.75, 3.05) is 19.6 Å². The Balaban J connectivity index is 4.58. The summed E-state index contributed by atoms with van der Waals surface area (Å²) in [5.74, 6) is 1.55. The van der Waals surface area contributed by atoms with Crippen LogP contribution in [0.2, 0.25) is 0 Å². The maximum Gasteiger partial charge on any atom is 0.0303 e. The lowest BCUT2D eigenvalue weighted by molar-refractivity contribution is 0.0889. The molecule has 0 radical (unpaired) electrons. The van der Waals surface area contributed by atoms with Crippen molar-refractivity contribution in [2.24, 2.45) is 17.6 Å². The molecular weight excluding hydrogens is 220 g/mol. The van der Waals surface area contributed by atoms with Crippen molar-refractivity contribution in [3.8, 4) is 0 Å². The lowest BCUT2D eigenvalue weighted by Crippen LogP contribution is -2.52. The van der Waals surface area contributed by atoms with E-state index in [2.05, 4.69) is 46.4 Å². The molecule has 18 heavy (non-hydrogen) atoms. The van der Waals surface area contributed by atoms with Crippen LogP contribution in [0.15, 0.2) is 0 Å². The molecule has 2 N–H and O–H groups in total. The van der Waals surface area contributed by atoms with Crippen molar-refractivity contribution in [3.63, 3.8) is 0 Å². The number of nitrogens with zero attached hydrogens (tertiary/aromatic N) is 1. The molecule has 0 rings (SSSR count). The van der Waals surface area contributed by atoms with Crippen LogP contribution in [0.25, 0.3) is 0 Å². The highest BCUT2D eigenvalue weighted by atomic mass is 15.2. The zero-order valence-corrected chi connectivity index (χ0v) is 13.6. The van der Waals surface area contributed by atoms with E-state index in [0.717, 1.165) is 18.4 Å². The molecule has 0 heterocycles. The van der Waals surface area contributed by atoms with Crippen molar-refractivity contribution < 1.29 is 0 Å². The van der Waals surface area contributed by atoms with Gasteiger partial charge in [0.1, 0.15) is 0 Å². The van der Waals surface area contributed by atoms with E-state index >= 15 is 0 Å². The minimum Gasteiger partial charge on any atom is -0.329 e. The number of rotatable bonds is 10. The Bertz CT molecular complexity index is 189. The van der Waals surface area contributed by atoms with Gasteiger partial charge in [-0.1, -0.05) is 41.0 Å². The van der Waals surface area contributed by atoms with E-state index in [-0.39, 0.29) is 5.54 Å². The third-order valence-corrected chi connectivity index (χ3v) is 3.94. The maximum absolute atomic E-state index is 6.07. The molecule has 0 fully saturated rings. The second kappa shape index (κ2) is 8.92. The SMILES string of the molecule is CCCC(C)(CN)N(CCC(C)C)CCC(C)C. The van der Waals surface area contributed by atoms with E-state index in [0.29, 0.717) is 0 Å². The summed E-state index contributed by atoms with van der Waals surface area (Å²) in [7, 11) is 0. The van der Waals surface area contributed by atoms with Crippen LogP contribution in [0.4, 0.5) is 0 Å². The first kappa shape index (κ1) is 17.9. The average Bonchev–Trinajstić information content (AvgIpc) is 2.28. The maximum atomic E-state index is 6.07. The van der Waals surface area contributed by atoms with Gasteiger partial charge in [0, 0.05) is 12.1 Å². The molecule has 0 aliphatic rings. The third-order valence-electron chi connectivity index (χ3n) is 3.94. The Morgan fingerprint density at radius 1 is 1.00 bits per heavy atom. The smallest absolute Gasteiger partial charge is 0.0303 e. The van der Waals surface area contributed by atoms with Gasteiger partial charge in [-0.3, -0.25) is 4.90 Å². The van der Waals surface area contributed by atoms with E-state index in [9.17, 15) is 0 Å². The summed E-state index contributed by atoms with van der Waals surface area (Å²) in [5.41, 5.74) is 6.26. The van der Waals surface area contributed by atoms with E-state index in [1.54, 1.807) is 0 Å². The normalized spacial score (nSPS) is 15.7. The standard InChI is InChI=1S/C16H36N2/c1-7-10-16(6,13-17)18(11-8-14(2)3)12-9-15(4)5/h14-15H,7-13,17H2,1-6H3. The Morgan fingerprint density at radius 3 is 1.72 bits per heavy atom. The van der Waals surface area contributed by atoms with Crippen LogP contribution in [0.1, 0.15) is 67.2 Å². The Labute approximate surface area is 115 Å². The molecule has 0 amide bonds. The predicted octanol–water partition coefficient (Wildman–Crippen LogP) is 3.90. The molecule has 0 aromatic heterocycles. The highest BCUT2D eigenvalue weighted by Gasteiger charge is 2.29. The average molecular weight is 256 g/mol. The van der Waals surface area contributed by atoms with Crippen LogP contribution in [-0.2, 0) is 0 Å². The van der Waals surface area contributed by atoms with E-state index < -0.39 is 0 Å². The molecule has 1 unspecified atom stereocenters. The predicted molar refractivity (Wildman–Crippen MR) is 82.9 cm³/mol. The van der Waals surface area contributed by atoms with E-state index in [1.807, 2.05) is 0 Å². The van der Waals surface area contributed by atoms with Gasteiger partial charge in [-0.05, 0) is 51.1 Å². The molecule has 0 aromatic carbocycles. The highest BCUT2D eigenvalue weighted by molar-refractivity contribution is 4.87. The summed E-state index contributed by atoms with van der Waals surface area (Å²) >= 11 is 0. The van der Waals surface area contributed by atoms with Gasteiger partial charge in [0.25, 0.3) is 0 Å². The zero-order chi connectivity index (χ0) is 14.2. The van der Waals surface area contributed by atoms with Gasteiger partial charge in [0.2, 0.25) is 0 Å². The first-order valence-corrected chi connectivity index (χ1v) is 7.80. The number of hydrogen-bond acceptors (Lipinski definition) is 2. The first-order chi connectivity index (χ1) is 8.35. The van der Waals surface area contributed by atoms with Crippen LogP contribution in [0.3, 0.4) is 0 Å². The van der Waals surface area contributed by atoms with Crippen LogP contribution < -0.4 is 5.73 Å². The molecule has 2 heteroatoms. The molecule has 0 aliphatic carbocycles. The first-order valence-electron chi connectivity index (χ1n) is 7.80. The van der Waals surface area contributed by atoms with Crippen molar-refractivity contribution in [1.29, 1.82) is 0 Å². The van der Waals surface area contributed by atoms with Gasteiger partial charge in [0.05, 0.1) is 0 Å². The van der Waals surface area contributed by atoms with Gasteiger partial charge < -0.3 is 5.73 Å². The summed E-state index contributed by atoms with van der Waals surface area (Å²) in [4.78, 5) is 2.65. The molecule has 0 aromatic rings. The van der Waals surface area contributed by atoms with Crippen LogP contribution in [0, 0.1) is 11.8 Å². The minimum atomic E-state index is 0.193. The quantitative estimate of drug-likeness (QED) is 0.642. The number of nitrogens with two attached hydrogens (primary N) is 1. The summed E-state index contributed by atoms with van der Waals surface area (Å²) in [5, 5.41) is 0. The highest BCUT2D eigenvalue weighted by Crippen LogP contribution is 2.22. The molecule has 0 aliphatic heterocycles. The summed E-state index contributed by atoms with van der Waals surface area (Å²) in [6.07, 6.45) is 4.97. The van der Waals surface area contributed by atoms with E-state index in [1.165, 1.54) is 38.8 Å². The Morgan fingerprint density at radius 2 is 1.44 bits per heavy atom. The summed E-state index contributed by atoms with van der Waals surface area (Å²) in [6.45, 7) is 17.0. The molecule has 0 saturated carbocycles. The Hall–Kier alpha value is -0.0800. The number of hydrogen-bond donors (Lipinski definition) is 1. The van der Waals surface area contributed by atoms with Crippen molar-refractivity contribution in [1.82, 2.24) is 4.90 Å². The van der Waals surface area contributed by atoms with Gasteiger partial charge in [-0.25, -0.2) is 0 Å². The van der Waals surface area contributed by atoms with Crippen molar-refractivity contribution in [2.45, 2.75) is 72.8 Å². The molecule has 2 nitrogen and oxygen atoms in total. The topological polar surface area (TPSA) is 29.3 Å². The fourth-order valence-electron chi connectivity index (χ4n) is 2.41. The molecule has 1 atom stereocenters. The van der Waals surface area contributed by atoms with Crippen LogP contribution in [0.5, 0.6) is 0 Å². The molecule has 0 spiro atoms.